The molecule has 0 saturated heterocycles. The van der Waals surface area contributed by atoms with Crippen LogP contribution in [0.4, 0.5) is 0 Å². The van der Waals surface area contributed by atoms with Crippen molar-refractivity contribution in [2.45, 2.75) is 47.1 Å². The van der Waals surface area contributed by atoms with Crippen LogP contribution < -0.4 is 5.32 Å². The van der Waals surface area contributed by atoms with Crippen LogP contribution in [0.1, 0.15) is 49.9 Å². The van der Waals surface area contributed by atoms with E-state index in [1.165, 1.54) is 29.7 Å². The molecule has 0 fully saturated rings. The van der Waals surface area contributed by atoms with E-state index < -0.39 is 0 Å². The van der Waals surface area contributed by atoms with Gasteiger partial charge in [-0.05, 0) is 44.5 Å². The van der Waals surface area contributed by atoms with Crippen molar-refractivity contribution >= 4 is 0 Å². The summed E-state index contributed by atoms with van der Waals surface area (Å²) in [5.41, 5.74) is 4.18. The van der Waals surface area contributed by atoms with Crippen LogP contribution in [0.15, 0.2) is 18.2 Å². The first-order valence-electron chi connectivity index (χ1n) is 7.96. The van der Waals surface area contributed by atoms with Gasteiger partial charge in [0.05, 0.1) is 0 Å². The molecule has 1 aromatic rings. The number of rotatable bonds is 8. The van der Waals surface area contributed by atoms with E-state index in [2.05, 4.69) is 70.1 Å². The van der Waals surface area contributed by atoms with Gasteiger partial charge in [0, 0.05) is 19.1 Å². The molecule has 0 radical (unpaired) electrons. The average Bonchev–Trinajstić information content (AvgIpc) is 2.40. The molecule has 20 heavy (non-hydrogen) atoms. The highest BCUT2D eigenvalue weighted by molar-refractivity contribution is 5.33. The lowest BCUT2D eigenvalue weighted by Crippen LogP contribution is -2.35. The van der Waals surface area contributed by atoms with Gasteiger partial charge < -0.3 is 10.2 Å². The molecule has 0 bridgehead atoms. The molecule has 2 nitrogen and oxygen atoms in total. The first-order valence-corrected chi connectivity index (χ1v) is 7.96. The van der Waals surface area contributed by atoms with Crippen LogP contribution >= 0.6 is 0 Å². The van der Waals surface area contributed by atoms with Crippen LogP contribution in [-0.2, 0) is 0 Å². The Labute approximate surface area is 125 Å². The monoisotopic (exact) mass is 276 g/mol. The van der Waals surface area contributed by atoms with Crippen molar-refractivity contribution < 1.29 is 0 Å². The molecule has 0 spiro atoms. The fourth-order valence-electron chi connectivity index (χ4n) is 2.70. The summed E-state index contributed by atoms with van der Waals surface area (Å²) < 4.78 is 0. The zero-order valence-electron chi connectivity index (χ0n) is 14.2. The van der Waals surface area contributed by atoms with E-state index in [4.69, 9.17) is 0 Å². The van der Waals surface area contributed by atoms with Crippen LogP contribution in [0, 0.1) is 19.8 Å². The van der Waals surface area contributed by atoms with E-state index in [-0.39, 0.29) is 0 Å². The van der Waals surface area contributed by atoms with Gasteiger partial charge in [0.1, 0.15) is 0 Å². The summed E-state index contributed by atoms with van der Waals surface area (Å²) in [6, 6.07) is 7.20. The summed E-state index contributed by atoms with van der Waals surface area (Å²) in [7, 11) is 2.24. The Kier molecular flexibility index (Phi) is 7.25. The summed E-state index contributed by atoms with van der Waals surface area (Å²) in [6.07, 6.45) is 1.25. The number of benzene rings is 1. The lowest BCUT2D eigenvalue weighted by Gasteiger charge is -2.28. The predicted octanol–water partition coefficient (Wildman–Crippen LogP) is 3.93. The third-order valence-corrected chi connectivity index (χ3v) is 4.08. The van der Waals surface area contributed by atoms with Crippen LogP contribution in [-0.4, -0.2) is 31.6 Å². The SMILES string of the molecule is CCNC(CN(C)CC(C)CC)c1cc(C)ccc1C. The van der Waals surface area contributed by atoms with E-state index in [9.17, 15) is 0 Å². The summed E-state index contributed by atoms with van der Waals surface area (Å²) >= 11 is 0. The zero-order chi connectivity index (χ0) is 15.1. The molecule has 0 aliphatic carbocycles. The molecule has 2 atom stereocenters. The Balaban J connectivity index is 2.80. The van der Waals surface area contributed by atoms with Crippen molar-refractivity contribution in [1.29, 1.82) is 0 Å². The number of nitrogens with zero attached hydrogens (tertiary/aromatic N) is 1. The third-order valence-electron chi connectivity index (χ3n) is 4.08. The highest BCUT2D eigenvalue weighted by Gasteiger charge is 2.16. The van der Waals surface area contributed by atoms with E-state index in [1.807, 2.05) is 0 Å². The maximum absolute atomic E-state index is 3.65. The molecule has 0 amide bonds. The maximum Gasteiger partial charge on any atom is 0.0451 e. The van der Waals surface area contributed by atoms with E-state index in [0.29, 0.717) is 6.04 Å². The van der Waals surface area contributed by atoms with Gasteiger partial charge in [-0.3, -0.25) is 0 Å². The van der Waals surface area contributed by atoms with Gasteiger partial charge in [-0.2, -0.15) is 0 Å². The highest BCUT2D eigenvalue weighted by Crippen LogP contribution is 2.20. The average molecular weight is 276 g/mol. The fourth-order valence-corrected chi connectivity index (χ4v) is 2.70. The second-order valence-corrected chi connectivity index (χ2v) is 6.20. The van der Waals surface area contributed by atoms with E-state index >= 15 is 0 Å². The van der Waals surface area contributed by atoms with Crippen LogP contribution in [0.25, 0.3) is 0 Å². The molecule has 114 valence electrons. The van der Waals surface area contributed by atoms with Crippen molar-refractivity contribution in [3.8, 4) is 0 Å². The van der Waals surface area contributed by atoms with Crippen molar-refractivity contribution in [3.05, 3.63) is 34.9 Å². The number of likely N-dealkylation sites (N-methyl/N-ethyl adjacent to an activating group) is 2. The first kappa shape index (κ1) is 17.2. The van der Waals surface area contributed by atoms with Gasteiger partial charge in [-0.15, -0.1) is 0 Å². The Morgan fingerprint density at radius 2 is 1.85 bits per heavy atom. The highest BCUT2D eigenvalue weighted by atomic mass is 15.1. The normalized spacial score (nSPS) is 14.6. The minimum Gasteiger partial charge on any atom is -0.309 e. The number of hydrogen-bond acceptors (Lipinski definition) is 2. The van der Waals surface area contributed by atoms with Gasteiger partial charge in [0.25, 0.3) is 0 Å². The Hall–Kier alpha value is -0.860. The molecular formula is C18H32N2. The molecule has 0 saturated carbocycles. The van der Waals surface area contributed by atoms with E-state index in [0.717, 1.165) is 19.0 Å². The van der Waals surface area contributed by atoms with Crippen LogP contribution in [0.2, 0.25) is 0 Å². The van der Waals surface area contributed by atoms with Gasteiger partial charge in [0.2, 0.25) is 0 Å². The van der Waals surface area contributed by atoms with Gasteiger partial charge in [-0.25, -0.2) is 0 Å². The Bertz CT molecular complexity index is 400. The Morgan fingerprint density at radius 1 is 1.15 bits per heavy atom. The Morgan fingerprint density at radius 3 is 2.45 bits per heavy atom. The molecule has 2 heteroatoms. The summed E-state index contributed by atoms with van der Waals surface area (Å²) in [5.74, 6) is 0.765. The number of aryl methyl sites for hydroxylation is 2. The van der Waals surface area contributed by atoms with E-state index in [1.54, 1.807) is 0 Å². The van der Waals surface area contributed by atoms with Crippen molar-refractivity contribution in [3.63, 3.8) is 0 Å². The smallest absolute Gasteiger partial charge is 0.0451 e. The van der Waals surface area contributed by atoms with Gasteiger partial charge in [0.15, 0.2) is 0 Å². The minimum absolute atomic E-state index is 0.425. The molecule has 1 rings (SSSR count). The first-order chi connectivity index (χ1) is 9.47. The summed E-state index contributed by atoms with van der Waals surface area (Å²) in [5, 5.41) is 3.65. The summed E-state index contributed by atoms with van der Waals surface area (Å²) in [4.78, 5) is 2.46. The van der Waals surface area contributed by atoms with Crippen molar-refractivity contribution in [2.24, 2.45) is 5.92 Å². The minimum atomic E-state index is 0.425. The molecule has 2 unspecified atom stereocenters. The largest absolute Gasteiger partial charge is 0.309 e. The van der Waals surface area contributed by atoms with Gasteiger partial charge in [-0.1, -0.05) is 51.0 Å². The molecule has 1 N–H and O–H groups in total. The second kappa shape index (κ2) is 8.43. The number of hydrogen-bond donors (Lipinski definition) is 1. The third kappa shape index (κ3) is 5.26. The predicted molar refractivity (Wildman–Crippen MR) is 89.3 cm³/mol. The lowest BCUT2D eigenvalue weighted by atomic mass is 9.98. The lowest BCUT2D eigenvalue weighted by molar-refractivity contribution is 0.253. The fraction of sp³-hybridized carbons (Fsp3) is 0.667. The quantitative estimate of drug-likeness (QED) is 0.774. The maximum atomic E-state index is 3.65. The van der Waals surface area contributed by atoms with Crippen molar-refractivity contribution in [1.82, 2.24) is 10.2 Å². The zero-order valence-corrected chi connectivity index (χ0v) is 14.2. The summed E-state index contributed by atoms with van der Waals surface area (Å²) in [6.45, 7) is 14.4. The number of nitrogens with one attached hydrogen (secondary N) is 1. The molecular weight excluding hydrogens is 244 g/mol. The van der Waals surface area contributed by atoms with Gasteiger partial charge >= 0.3 is 0 Å². The topological polar surface area (TPSA) is 15.3 Å². The molecule has 0 aliphatic heterocycles. The standard InChI is InChI=1S/C18H32N2/c1-7-14(3)12-20(6)13-18(19-8-2)17-11-15(4)9-10-16(17)5/h9-11,14,18-19H,7-8,12-13H2,1-6H3. The van der Waals surface area contributed by atoms with Crippen LogP contribution in [0.3, 0.4) is 0 Å². The molecule has 0 heterocycles. The molecule has 1 aromatic carbocycles. The second-order valence-electron chi connectivity index (χ2n) is 6.20. The molecule has 0 aliphatic rings. The van der Waals surface area contributed by atoms with Crippen LogP contribution in [0.5, 0.6) is 0 Å². The molecule has 0 aromatic heterocycles. The van der Waals surface area contributed by atoms with Crippen molar-refractivity contribution in [2.75, 3.05) is 26.7 Å².